The zero-order chi connectivity index (χ0) is 14.8. The van der Waals surface area contributed by atoms with Gasteiger partial charge >= 0.3 is 11.9 Å². The number of ether oxygens (including phenoxy) is 1. The van der Waals surface area contributed by atoms with E-state index in [1.165, 1.54) is 24.9 Å². The number of carboxylic acid groups (broad SMARTS) is 1. The highest BCUT2D eigenvalue weighted by Gasteiger charge is 2.44. The lowest BCUT2D eigenvalue weighted by Gasteiger charge is -2.14. The van der Waals surface area contributed by atoms with Crippen LogP contribution in [0.25, 0.3) is 0 Å². The van der Waals surface area contributed by atoms with Crippen molar-refractivity contribution in [2.45, 2.75) is 24.2 Å². The smallest absolute Gasteiger partial charge is 0.337 e. The van der Waals surface area contributed by atoms with Crippen LogP contribution in [-0.4, -0.2) is 29.9 Å². The SMILES string of the molecule is COC(=O)CC1(CSc2cccc(C(=O)O)c2N)CC1. The fourth-order valence-corrected chi connectivity index (χ4v) is 3.31. The van der Waals surface area contributed by atoms with E-state index in [1.54, 1.807) is 12.1 Å². The molecule has 0 saturated heterocycles. The van der Waals surface area contributed by atoms with Crippen LogP contribution in [0.2, 0.25) is 0 Å². The van der Waals surface area contributed by atoms with Gasteiger partial charge in [0.05, 0.1) is 24.8 Å². The summed E-state index contributed by atoms with van der Waals surface area (Å²) in [5, 5.41) is 9.03. The van der Waals surface area contributed by atoms with Gasteiger partial charge in [-0.25, -0.2) is 4.79 Å². The number of para-hydroxylation sites is 1. The highest BCUT2D eigenvalue weighted by molar-refractivity contribution is 7.99. The number of methoxy groups -OCH3 is 1. The quantitative estimate of drug-likeness (QED) is 0.476. The van der Waals surface area contributed by atoms with Gasteiger partial charge in [-0.05, 0) is 30.4 Å². The Kier molecular flexibility index (Phi) is 4.23. The van der Waals surface area contributed by atoms with Crippen molar-refractivity contribution in [1.29, 1.82) is 0 Å². The van der Waals surface area contributed by atoms with Crippen LogP contribution < -0.4 is 5.73 Å². The van der Waals surface area contributed by atoms with E-state index in [2.05, 4.69) is 0 Å². The van der Waals surface area contributed by atoms with Crippen LogP contribution in [0.4, 0.5) is 5.69 Å². The molecule has 0 aromatic heterocycles. The number of carboxylic acids is 1. The summed E-state index contributed by atoms with van der Waals surface area (Å²) in [6.45, 7) is 0. The van der Waals surface area contributed by atoms with Crippen molar-refractivity contribution < 1.29 is 19.4 Å². The van der Waals surface area contributed by atoms with Gasteiger partial charge in [-0.3, -0.25) is 4.79 Å². The first-order valence-corrected chi connectivity index (χ1v) is 7.27. The van der Waals surface area contributed by atoms with Gasteiger partial charge in [-0.1, -0.05) is 6.07 Å². The number of nitrogens with two attached hydrogens (primary N) is 1. The predicted octanol–water partition coefficient (Wildman–Crippen LogP) is 2.40. The average molecular weight is 295 g/mol. The second-order valence-electron chi connectivity index (χ2n) is 5.06. The third kappa shape index (κ3) is 3.25. The molecule has 0 heterocycles. The Hall–Kier alpha value is -1.69. The Morgan fingerprint density at radius 3 is 2.70 bits per heavy atom. The van der Waals surface area contributed by atoms with E-state index in [0.29, 0.717) is 12.1 Å². The number of rotatable bonds is 6. The molecule has 0 atom stereocenters. The van der Waals surface area contributed by atoms with Crippen LogP contribution >= 0.6 is 11.8 Å². The fourth-order valence-electron chi connectivity index (χ4n) is 2.01. The van der Waals surface area contributed by atoms with E-state index in [9.17, 15) is 9.59 Å². The standard InChI is InChI=1S/C14H17NO4S/c1-19-11(16)7-14(5-6-14)8-20-10-4-2-3-9(12(10)15)13(17)18/h2-4H,5-8,15H2,1H3,(H,17,18). The molecule has 1 aliphatic carbocycles. The Morgan fingerprint density at radius 1 is 1.45 bits per heavy atom. The average Bonchev–Trinajstić information content (AvgIpc) is 3.17. The van der Waals surface area contributed by atoms with Gasteiger partial charge < -0.3 is 15.6 Å². The van der Waals surface area contributed by atoms with E-state index >= 15 is 0 Å². The molecule has 0 radical (unpaired) electrons. The van der Waals surface area contributed by atoms with Crippen molar-refractivity contribution in [1.82, 2.24) is 0 Å². The molecule has 2 rings (SSSR count). The topological polar surface area (TPSA) is 89.6 Å². The number of benzene rings is 1. The van der Waals surface area contributed by atoms with Crippen molar-refractivity contribution in [3.63, 3.8) is 0 Å². The van der Waals surface area contributed by atoms with E-state index in [4.69, 9.17) is 15.6 Å². The summed E-state index contributed by atoms with van der Waals surface area (Å²) in [5.41, 5.74) is 6.27. The third-order valence-corrected chi connectivity index (χ3v) is 4.96. The molecule has 0 unspecified atom stereocenters. The molecular weight excluding hydrogens is 278 g/mol. The van der Waals surface area contributed by atoms with E-state index in [1.807, 2.05) is 0 Å². The molecule has 1 saturated carbocycles. The van der Waals surface area contributed by atoms with Crippen LogP contribution in [0.15, 0.2) is 23.1 Å². The summed E-state index contributed by atoms with van der Waals surface area (Å²) >= 11 is 1.50. The van der Waals surface area contributed by atoms with Crippen LogP contribution in [0, 0.1) is 5.41 Å². The van der Waals surface area contributed by atoms with Crippen LogP contribution in [0.5, 0.6) is 0 Å². The van der Waals surface area contributed by atoms with Gasteiger partial charge in [-0.2, -0.15) is 0 Å². The number of carbonyl (C=O) groups is 2. The van der Waals surface area contributed by atoms with Crippen molar-refractivity contribution in [2.24, 2.45) is 5.41 Å². The lowest BCUT2D eigenvalue weighted by Crippen LogP contribution is -2.13. The minimum atomic E-state index is -1.03. The second kappa shape index (κ2) is 5.75. The van der Waals surface area contributed by atoms with Gasteiger partial charge in [0.2, 0.25) is 0 Å². The first-order valence-electron chi connectivity index (χ1n) is 6.29. The zero-order valence-corrected chi connectivity index (χ0v) is 12.0. The number of anilines is 1. The van der Waals surface area contributed by atoms with Gasteiger partial charge in [0.25, 0.3) is 0 Å². The fraction of sp³-hybridized carbons (Fsp3) is 0.429. The lowest BCUT2D eigenvalue weighted by atomic mass is 10.1. The number of carbonyl (C=O) groups excluding carboxylic acids is 1. The third-order valence-electron chi connectivity index (χ3n) is 3.53. The monoisotopic (exact) mass is 295 g/mol. The van der Waals surface area contributed by atoms with Crippen LogP contribution in [-0.2, 0) is 9.53 Å². The highest BCUT2D eigenvalue weighted by atomic mass is 32.2. The van der Waals surface area contributed by atoms with Crippen molar-refractivity contribution in [3.05, 3.63) is 23.8 Å². The molecule has 0 amide bonds. The Morgan fingerprint density at radius 2 is 2.15 bits per heavy atom. The summed E-state index contributed by atoms with van der Waals surface area (Å²) in [6, 6.07) is 4.98. The van der Waals surface area contributed by atoms with Crippen molar-refractivity contribution in [2.75, 3.05) is 18.6 Å². The molecule has 0 aliphatic heterocycles. The number of hydrogen-bond acceptors (Lipinski definition) is 5. The Bertz CT molecular complexity index is 540. The van der Waals surface area contributed by atoms with Crippen LogP contribution in [0.1, 0.15) is 29.6 Å². The largest absolute Gasteiger partial charge is 0.478 e. The first kappa shape index (κ1) is 14.7. The summed E-state index contributed by atoms with van der Waals surface area (Å²) in [5.74, 6) is -0.481. The zero-order valence-electron chi connectivity index (χ0n) is 11.2. The van der Waals surface area contributed by atoms with Gasteiger partial charge in [0.15, 0.2) is 0 Å². The Labute approximate surface area is 121 Å². The number of aromatic carboxylic acids is 1. The minimum absolute atomic E-state index is 0.0105. The molecule has 0 bridgehead atoms. The molecule has 1 fully saturated rings. The molecule has 1 aromatic carbocycles. The molecule has 1 aromatic rings. The molecule has 1 aliphatic rings. The van der Waals surface area contributed by atoms with Crippen molar-refractivity contribution >= 4 is 29.4 Å². The molecule has 0 spiro atoms. The molecule has 20 heavy (non-hydrogen) atoms. The number of nitrogen functional groups attached to an aromatic ring is 1. The minimum Gasteiger partial charge on any atom is -0.478 e. The summed E-state index contributed by atoms with van der Waals surface area (Å²) in [7, 11) is 1.39. The van der Waals surface area contributed by atoms with Gasteiger partial charge in [0.1, 0.15) is 0 Å². The van der Waals surface area contributed by atoms with Crippen LogP contribution in [0.3, 0.4) is 0 Å². The molecule has 6 heteroatoms. The number of esters is 1. The molecule has 3 N–H and O–H groups in total. The van der Waals surface area contributed by atoms with E-state index in [-0.39, 0.29) is 16.9 Å². The normalized spacial score (nSPS) is 15.7. The van der Waals surface area contributed by atoms with E-state index < -0.39 is 5.97 Å². The lowest BCUT2D eigenvalue weighted by molar-refractivity contribution is -0.141. The summed E-state index contributed by atoms with van der Waals surface area (Å²) in [6.07, 6.45) is 2.40. The second-order valence-corrected chi connectivity index (χ2v) is 6.08. The van der Waals surface area contributed by atoms with Gasteiger partial charge in [-0.15, -0.1) is 11.8 Å². The molecular formula is C14H17NO4S. The maximum Gasteiger partial charge on any atom is 0.337 e. The van der Waals surface area contributed by atoms with Gasteiger partial charge in [0, 0.05) is 10.6 Å². The molecule has 108 valence electrons. The predicted molar refractivity (Wildman–Crippen MR) is 76.8 cm³/mol. The number of thioether (sulfide) groups is 1. The maximum absolute atomic E-state index is 11.4. The molecule has 5 nitrogen and oxygen atoms in total. The maximum atomic E-state index is 11.4. The Balaban J connectivity index is 2.03. The highest BCUT2D eigenvalue weighted by Crippen LogP contribution is 2.52. The number of hydrogen-bond donors (Lipinski definition) is 2. The first-order chi connectivity index (χ1) is 9.47. The van der Waals surface area contributed by atoms with E-state index in [0.717, 1.165) is 23.5 Å². The van der Waals surface area contributed by atoms with Crippen molar-refractivity contribution in [3.8, 4) is 0 Å². The summed E-state index contributed by atoms with van der Waals surface area (Å²) in [4.78, 5) is 23.1. The summed E-state index contributed by atoms with van der Waals surface area (Å²) < 4.78 is 4.70.